The fraction of sp³-hybridized carbons (Fsp3) is 0.480. The highest BCUT2D eigenvalue weighted by atomic mass is 16.5. The maximum Gasteiger partial charge on any atom is 0.141 e. The van der Waals surface area contributed by atoms with Gasteiger partial charge in [-0.05, 0) is 57.2 Å². The van der Waals surface area contributed by atoms with E-state index in [0.29, 0.717) is 12.8 Å². The van der Waals surface area contributed by atoms with E-state index in [-0.39, 0.29) is 16.8 Å². The van der Waals surface area contributed by atoms with Gasteiger partial charge >= 0.3 is 0 Å². The third kappa shape index (κ3) is 4.26. The lowest BCUT2D eigenvalue weighted by molar-refractivity contribution is -0.117. The number of aryl methyl sites for hydroxylation is 1. The summed E-state index contributed by atoms with van der Waals surface area (Å²) in [7, 11) is 0. The van der Waals surface area contributed by atoms with Crippen LogP contribution < -0.4 is 4.74 Å². The van der Waals surface area contributed by atoms with Gasteiger partial charge < -0.3 is 4.74 Å². The minimum absolute atomic E-state index is 0.132. The van der Waals surface area contributed by atoms with Crippen molar-refractivity contribution >= 4 is 5.78 Å². The van der Waals surface area contributed by atoms with Crippen LogP contribution in [0.15, 0.2) is 42.5 Å². The van der Waals surface area contributed by atoms with Crippen LogP contribution in [0.5, 0.6) is 5.75 Å². The lowest BCUT2D eigenvalue weighted by Gasteiger charge is -2.46. The molecule has 0 amide bonds. The third-order valence-corrected chi connectivity index (χ3v) is 6.04. The molecule has 2 nitrogen and oxygen atoms in total. The van der Waals surface area contributed by atoms with Gasteiger partial charge in [-0.1, -0.05) is 55.8 Å². The molecule has 0 unspecified atom stereocenters. The summed E-state index contributed by atoms with van der Waals surface area (Å²) in [5.41, 5.74) is 4.67. The van der Waals surface area contributed by atoms with Crippen molar-refractivity contribution in [3.05, 3.63) is 64.7 Å². The second kappa shape index (κ2) is 7.50. The normalized spacial score (nSPS) is 17.1. The molecule has 2 aromatic rings. The summed E-state index contributed by atoms with van der Waals surface area (Å²) in [6.07, 6.45) is 4.16. The van der Waals surface area contributed by atoms with E-state index >= 15 is 0 Å². The summed E-state index contributed by atoms with van der Waals surface area (Å²) in [5.74, 6) is 1.25. The predicted molar refractivity (Wildman–Crippen MR) is 112 cm³/mol. The van der Waals surface area contributed by atoms with Crippen molar-refractivity contribution in [3.8, 4) is 5.75 Å². The Hall–Kier alpha value is -2.09. The number of carbonyl (C=O) groups is 1. The zero-order valence-corrected chi connectivity index (χ0v) is 17.4. The van der Waals surface area contributed by atoms with Gasteiger partial charge in [0.1, 0.15) is 17.1 Å². The van der Waals surface area contributed by atoms with Crippen LogP contribution in [0.4, 0.5) is 0 Å². The molecule has 2 aromatic carbocycles. The second-order valence-corrected chi connectivity index (χ2v) is 8.73. The minimum Gasteiger partial charge on any atom is -0.488 e. The maximum absolute atomic E-state index is 12.6. The largest absolute Gasteiger partial charge is 0.488 e. The molecule has 0 aromatic heterocycles. The fourth-order valence-corrected chi connectivity index (χ4v) is 4.54. The molecule has 144 valence electrons. The van der Waals surface area contributed by atoms with Crippen LogP contribution in [-0.4, -0.2) is 11.4 Å². The number of benzene rings is 2. The molecule has 0 fully saturated rings. The van der Waals surface area contributed by atoms with Crippen LogP contribution in [0.25, 0.3) is 0 Å². The summed E-state index contributed by atoms with van der Waals surface area (Å²) in [5, 5.41) is 0. The Kier molecular flexibility index (Phi) is 5.46. The van der Waals surface area contributed by atoms with Crippen LogP contribution in [0.1, 0.15) is 69.2 Å². The standard InChI is InChI=1S/C25H32O2/c1-6-25(7-2)17-24(4,5)27-23-13-12-20(16-22(23)25)15-21(26)14-19-10-8-18(3)9-11-19/h8-13,16H,6-7,14-15,17H2,1-5H3. The molecule has 1 aliphatic heterocycles. The van der Waals surface area contributed by atoms with Crippen LogP contribution in [0, 0.1) is 6.92 Å². The highest BCUT2D eigenvalue weighted by Gasteiger charge is 2.42. The van der Waals surface area contributed by atoms with E-state index in [1.165, 1.54) is 11.1 Å². The van der Waals surface area contributed by atoms with Gasteiger partial charge in [-0.2, -0.15) is 0 Å². The van der Waals surface area contributed by atoms with Crippen molar-refractivity contribution in [3.63, 3.8) is 0 Å². The molecule has 0 saturated carbocycles. The molecule has 27 heavy (non-hydrogen) atoms. The summed E-state index contributed by atoms with van der Waals surface area (Å²) in [6.45, 7) is 11.0. The van der Waals surface area contributed by atoms with E-state index in [4.69, 9.17) is 4.74 Å². The van der Waals surface area contributed by atoms with Gasteiger partial charge in [0.05, 0.1) is 0 Å². The molecule has 0 spiro atoms. The molecule has 2 heteroatoms. The molecule has 0 N–H and O–H groups in total. The summed E-state index contributed by atoms with van der Waals surface area (Å²) in [6, 6.07) is 14.6. The molecule has 0 atom stereocenters. The number of fused-ring (bicyclic) bond motifs is 1. The Bertz CT molecular complexity index is 811. The van der Waals surface area contributed by atoms with Gasteiger partial charge in [-0.15, -0.1) is 0 Å². The quantitative estimate of drug-likeness (QED) is 0.631. The number of rotatable bonds is 6. The first-order valence-electron chi connectivity index (χ1n) is 10.2. The van der Waals surface area contributed by atoms with Crippen LogP contribution in [0.3, 0.4) is 0 Å². The van der Waals surface area contributed by atoms with E-state index in [2.05, 4.69) is 77.1 Å². The number of ether oxygens (including phenoxy) is 1. The molecule has 1 aliphatic rings. The number of hydrogen-bond acceptors (Lipinski definition) is 2. The Morgan fingerprint density at radius 2 is 1.56 bits per heavy atom. The van der Waals surface area contributed by atoms with Gasteiger partial charge in [0.2, 0.25) is 0 Å². The lowest BCUT2D eigenvalue weighted by atomic mass is 9.67. The van der Waals surface area contributed by atoms with Crippen LogP contribution in [0.2, 0.25) is 0 Å². The summed E-state index contributed by atoms with van der Waals surface area (Å²) >= 11 is 0. The molecule has 0 aliphatic carbocycles. The van der Waals surface area contributed by atoms with E-state index < -0.39 is 0 Å². The van der Waals surface area contributed by atoms with Gasteiger partial charge in [-0.3, -0.25) is 4.79 Å². The molecular weight excluding hydrogens is 332 g/mol. The smallest absolute Gasteiger partial charge is 0.141 e. The number of carbonyl (C=O) groups excluding carboxylic acids is 1. The fourth-order valence-electron chi connectivity index (χ4n) is 4.54. The van der Waals surface area contributed by atoms with Crippen molar-refractivity contribution in [1.29, 1.82) is 0 Å². The number of Topliss-reactive ketones (excluding diaryl/α,β-unsaturated/α-hetero) is 1. The van der Waals surface area contributed by atoms with Crippen LogP contribution >= 0.6 is 0 Å². The zero-order valence-electron chi connectivity index (χ0n) is 17.4. The molecule has 0 saturated heterocycles. The van der Waals surface area contributed by atoms with Crippen molar-refractivity contribution in [2.24, 2.45) is 0 Å². The first kappa shape index (κ1) is 19.7. The van der Waals surface area contributed by atoms with Crippen molar-refractivity contribution in [2.75, 3.05) is 0 Å². The number of hydrogen-bond donors (Lipinski definition) is 0. The van der Waals surface area contributed by atoms with E-state index in [1.54, 1.807) is 0 Å². The molecule has 0 bridgehead atoms. The average Bonchev–Trinajstić information content (AvgIpc) is 2.62. The Balaban J connectivity index is 1.82. The third-order valence-electron chi connectivity index (χ3n) is 6.04. The molecular formula is C25H32O2. The summed E-state index contributed by atoms with van der Waals surface area (Å²) < 4.78 is 6.26. The minimum atomic E-state index is -0.151. The van der Waals surface area contributed by atoms with Gasteiger partial charge in [0.15, 0.2) is 0 Å². The highest BCUT2D eigenvalue weighted by Crippen LogP contribution is 2.49. The van der Waals surface area contributed by atoms with E-state index in [1.807, 2.05) is 0 Å². The molecule has 3 rings (SSSR count). The van der Waals surface area contributed by atoms with E-state index in [9.17, 15) is 4.79 Å². The zero-order chi connectivity index (χ0) is 19.7. The predicted octanol–water partition coefficient (Wildman–Crippen LogP) is 5.97. The topological polar surface area (TPSA) is 26.3 Å². The average molecular weight is 365 g/mol. The molecule has 0 radical (unpaired) electrons. The van der Waals surface area contributed by atoms with E-state index in [0.717, 1.165) is 36.1 Å². The number of ketones is 1. The Morgan fingerprint density at radius 3 is 2.19 bits per heavy atom. The Labute approximate surface area is 164 Å². The van der Waals surface area contributed by atoms with Crippen molar-refractivity contribution < 1.29 is 9.53 Å². The summed E-state index contributed by atoms with van der Waals surface area (Å²) in [4.78, 5) is 12.6. The molecule has 1 heterocycles. The van der Waals surface area contributed by atoms with Gasteiger partial charge in [0.25, 0.3) is 0 Å². The highest BCUT2D eigenvalue weighted by molar-refractivity contribution is 5.83. The Morgan fingerprint density at radius 1 is 0.963 bits per heavy atom. The SMILES string of the molecule is CCC1(CC)CC(C)(C)Oc2ccc(CC(=O)Cc3ccc(C)cc3)cc21. The maximum atomic E-state index is 12.6. The lowest BCUT2D eigenvalue weighted by Crippen LogP contribution is -2.43. The first-order chi connectivity index (χ1) is 12.8. The monoisotopic (exact) mass is 364 g/mol. The first-order valence-corrected chi connectivity index (χ1v) is 10.2. The van der Waals surface area contributed by atoms with Crippen LogP contribution in [-0.2, 0) is 23.1 Å². The van der Waals surface area contributed by atoms with Crippen molar-refractivity contribution in [1.82, 2.24) is 0 Å². The van der Waals surface area contributed by atoms with Crippen molar-refractivity contribution in [2.45, 2.75) is 77.7 Å². The van der Waals surface area contributed by atoms with Gasteiger partial charge in [0, 0.05) is 23.8 Å². The second-order valence-electron chi connectivity index (χ2n) is 8.73. The van der Waals surface area contributed by atoms with Gasteiger partial charge in [-0.25, -0.2) is 0 Å².